The number of hydrogen-bond acceptors (Lipinski definition) is 6. The van der Waals surface area contributed by atoms with Crippen LogP contribution in [0.15, 0.2) is 50.5 Å². The zero-order valence-corrected chi connectivity index (χ0v) is 20.5. The minimum Gasteiger partial charge on any atom is -0.425 e. The molecule has 0 fully saturated rings. The smallest absolute Gasteiger partial charge is 0.339 e. The Bertz CT molecular complexity index is 1390. The fourth-order valence-electron chi connectivity index (χ4n) is 4.36. The number of sulfonamides is 1. The minimum absolute atomic E-state index is 0.0879. The molecule has 1 aliphatic carbocycles. The third-order valence-electron chi connectivity index (χ3n) is 6.31. The highest BCUT2D eigenvalue weighted by molar-refractivity contribution is 7.89. The molecule has 3 aromatic rings. The molecule has 1 heterocycles. The number of benzene rings is 2. The molecule has 180 valence electrons. The first-order valence-electron chi connectivity index (χ1n) is 11.6. The molecule has 0 radical (unpaired) electrons. The quantitative estimate of drug-likeness (QED) is 0.290. The Morgan fingerprint density at radius 2 is 1.79 bits per heavy atom. The Morgan fingerprint density at radius 3 is 2.50 bits per heavy atom. The van der Waals surface area contributed by atoms with E-state index in [-0.39, 0.29) is 16.3 Å². The Balaban J connectivity index is 1.61. The van der Waals surface area contributed by atoms with Crippen LogP contribution in [-0.4, -0.2) is 20.4 Å². The number of rotatable bonds is 8. The second-order valence-electron chi connectivity index (χ2n) is 8.82. The van der Waals surface area contributed by atoms with E-state index in [0.717, 1.165) is 41.3 Å². The number of hydrogen-bond donors (Lipinski definition) is 1. The van der Waals surface area contributed by atoms with Crippen molar-refractivity contribution in [1.82, 2.24) is 4.72 Å². The number of fused-ring (bicyclic) bond motifs is 3. The molecule has 0 unspecified atom stereocenters. The van der Waals surface area contributed by atoms with Crippen LogP contribution in [0.1, 0.15) is 54.9 Å². The van der Waals surface area contributed by atoms with Gasteiger partial charge in [0.2, 0.25) is 10.0 Å². The van der Waals surface area contributed by atoms with Gasteiger partial charge >= 0.3 is 11.6 Å². The molecule has 0 aliphatic heterocycles. The first-order valence-corrected chi connectivity index (χ1v) is 13.1. The lowest BCUT2D eigenvalue weighted by atomic mass is 10.0. The van der Waals surface area contributed by atoms with E-state index in [0.29, 0.717) is 30.4 Å². The van der Waals surface area contributed by atoms with Gasteiger partial charge in [-0.05, 0) is 69.4 Å². The summed E-state index contributed by atoms with van der Waals surface area (Å²) in [7, 11) is -3.91. The maximum atomic E-state index is 13.1. The average Bonchev–Trinajstić information content (AvgIpc) is 3.30. The molecule has 1 aliphatic rings. The van der Waals surface area contributed by atoms with Crippen molar-refractivity contribution in [3.05, 3.63) is 69.1 Å². The molecule has 2 aromatic carbocycles. The number of ether oxygens (including phenoxy) is 1. The van der Waals surface area contributed by atoms with Crippen molar-refractivity contribution in [1.29, 1.82) is 0 Å². The molecule has 0 spiro atoms. The van der Waals surface area contributed by atoms with Crippen LogP contribution in [0.3, 0.4) is 0 Å². The summed E-state index contributed by atoms with van der Waals surface area (Å²) in [5, 5.41) is 0.854. The van der Waals surface area contributed by atoms with E-state index in [9.17, 15) is 18.0 Å². The summed E-state index contributed by atoms with van der Waals surface area (Å²) in [6.45, 7) is 5.56. The van der Waals surface area contributed by atoms with Crippen LogP contribution in [0.25, 0.3) is 11.0 Å². The Hall–Kier alpha value is -2.97. The lowest BCUT2D eigenvalue weighted by Gasteiger charge is -2.18. The standard InChI is InChI=1S/C26H29NO6S/c1-4-5-9-22(27-34(30,31)18-12-10-16(2)11-13-18)26(29)32-23-15-14-20-19-7-6-8-21(19)25(28)33-24(20)17(23)3/h10-15,22,27H,4-9H2,1-3H3/t22-/m0/s1. The van der Waals surface area contributed by atoms with E-state index < -0.39 is 22.0 Å². The molecule has 0 saturated carbocycles. The topological polar surface area (TPSA) is 103 Å². The van der Waals surface area contributed by atoms with Gasteiger partial charge in [-0.3, -0.25) is 0 Å². The predicted octanol–water partition coefficient (Wildman–Crippen LogP) is 4.34. The summed E-state index contributed by atoms with van der Waals surface area (Å²) < 4.78 is 39.5. The van der Waals surface area contributed by atoms with Crippen molar-refractivity contribution in [3.63, 3.8) is 0 Å². The molecule has 8 heteroatoms. The first-order chi connectivity index (χ1) is 16.2. The van der Waals surface area contributed by atoms with Crippen molar-refractivity contribution in [2.45, 2.75) is 70.2 Å². The van der Waals surface area contributed by atoms with Crippen molar-refractivity contribution >= 4 is 27.0 Å². The fraction of sp³-hybridized carbons (Fsp3) is 0.385. The van der Waals surface area contributed by atoms with Crippen LogP contribution in [0.4, 0.5) is 0 Å². The van der Waals surface area contributed by atoms with Gasteiger partial charge in [-0.15, -0.1) is 0 Å². The van der Waals surface area contributed by atoms with Gasteiger partial charge in [-0.2, -0.15) is 4.72 Å². The van der Waals surface area contributed by atoms with Crippen molar-refractivity contribution in [2.75, 3.05) is 0 Å². The second-order valence-corrected chi connectivity index (χ2v) is 10.5. The molecular weight excluding hydrogens is 454 g/mol. The summed E-state index contributed by atoms with van der Waals surface area (Å²) in [6, 6.07) is 8.86. The monoisotopic (exact) mass is 483 g/mol. The van der Waals surface area contributed by atoms with Crippen molar-refractivity contribution in [2.24, 2.45) is 0 Å². The van der Waals surface area contributed by atoms with E-state index in [4.69, 9.17) is 9.15 Å². The summed E-state index contributed by atoms with van der Waals surface area (Å²) in [6.07, 6.45) is 4.18. The van der Waals surface area contributed by atoms with Gasteiger partial charge in [0.1, 0.15) is 17.4 Å². The van der Waals surface area contributed by atoms with Crippen molar-refractivity contribution in [3.8, 4) is 5.75 Å². The molecule has 34 heavy (non-hydrogen) atoms. The van der Waals surface area contributed by atoms with E-state index in [1.807, 2.05) is 13.8 Å². The summed E-state index contributed by atoms with van der Waals surface area (Å²) in [5.41, 5.74) is 3.25. The summed E-state index contributed by atoms with van der Waals surface area (Å²) in [4.78, 5) is 25.6. The second kappa shape index (κ2) is 9.72. The zero-order chi connectivity index (χ0) is 24.5. The number of nitrogens with one attached hydrogen (secondary N) is 1. The van der Waals surface area contributed by atoms with Crippen LogP contribution >= 0.6 is 0 Å². The Morgan fingerprint density at radius 1 is 1.09 bits per heavy atom. The van der Waals surface area contributed by atoms with Crippen molar-refractivity contribution < 1.29 is 22.4 Å². The van der Waals surface area contributed by atoms with E-state index in [1.165, 1.54) is 12.1 Å². The average molecular weight is 484 g/mol. The van der Waals surface area contributed by atoms with E-state index >= 15 is 0 Å². The van der Waals surface area contributed by atoms with Gasteiger partial charge in [0.05, 0.1) is 4.90 Å². The minimum atomic E-state index is -3.91. The fourth-order valence-corrected chi connectivity index (χ4v) is 5.58. The molecule has 1 N–H and O–H groups in total. The van der Waals surface area contributed by atoms with Gasteiger partial charge in [-0.1, -0.05) is 37.5 Å². The summed E-state index contributed by atoms with van der Waals surface area (Å²) >= 11 is 0. The lowest BCUT2D eigenvalue weighted by Crippen LogP contribution is -2.43. The van der Waals surface area contributed by atoms with Crippen LogP contribution in [-0.2, 0) is 27.7 Å². The number of aryl methyl sites for hydroxylation is 3. The molecule has 0 saturated heterocycles. The van der Waals surface area contributed by atoms with Gasteiger partial charge in [0, 0.05) is 16.5 Å². The van der Waals surface area contributed by atoms with Gasteiger partial charge in [-0.25, -0.2) is 18.0 Å². The molecule has 0 amide bonds. The predicted molar refractivity (Wildman–Crippen MR) is 130 cm³/mol. The highest BCUT2D eigenvalue weighted by Gasteiger charge is 2.28. The zero-order valence-electron chi connectivity index (χ0n) is 19.6. The van der Waals surface area contributed by atoms with Gasteiger partial charge in [0.25, 0.3) is 0 Å². The summed E-state index contributed by atoms with van der Waals surface area (Å²) in [5.74, 6) is -0.454. The van der Waals surface area contributed by atoms with E-state index in [1.54, 1.807) is 31.2 Å². The highest BCUT2D eigenvalue weighted by atomic mass is 32.2. The molecular formula is C26H29NO6S. The van der Waals surface area contributed by atoms with Crippen LogP contribution < -0.4 is 15.1 Å². The van der Waals surface area contributed by atoms with E-state index in [2.05, 4.69) is 4.72 Å². The Kier molecular flexibility index (Phi) is 6.91. The largest absolute Gasteiger partial charge is 0.425 e. The lowest BCUT2D eigenvalue weighted by molar-refractivity contribution is -0.136. The molecule has 1 atom stereocenters. The Labute approximate surface area is 199 Å². The van der Waals surface area contributed by atoms with Crippen LogP contribution in [0, 0.1) is 13.8 Å². The number of carbonyl (C=O) groups is 1. The van der Waals surface area contributed by atoms with Gasteiger partial charge < -0.3 is 9.15 Å². The molecule has 0 bridgehead atoms. The molecule has 1 aromatic heterocycles. The van der Waals surface area contributed by atoms with Gasteiger partial charge in [0.15, 0.2) is 0 Å². The third kappa shape index (κ3) is 4.79. The molecule has 4 rings (SSSR count). The number of unbranched alkanes of at least 4 members (excludes halogenated alkanes) is 1. The normalized spacial score (nSPS) is 14.2. The maximum absolute atomic E-state index is 13.1. The number of esters is 1. The van der Waals surface area contributed by atoms with Crippen LogP contribution in [0.5, 0.6) is 5.75 Å². The SMILES string of the molecule is CCCC[C@H](NS(=O)(=O)c1ccc(C)cc1)C(=O)Oc1ccc2c3c(c(=O)oc2c1C)CCC3. The third-order valence-corrected chi connectivity index (χ3v) is 7.80. The number of carbonyl (C=O) groups excluding carboxylic acids is 1. The molecule has 7 nitrogen and oxygen atoms in total. The van der Waals surface area contributed by atoms with Crippen LogP contribution in [0.2, 0.25) is 0 Å². The maximum Gasteiger partial charge on any atom is 0.339 e. The highest BCUT2D eigenvalue weighted by Crippen LogP contribution is 2.33. The first kappa shape index (κ1) is 24.2.